The molecule has 0 fully saturated rings. The molecule has 9 heteroatoms. The van der Waals surface area contributed by atoms with Crippen LogP contribution < -0.4 is 4.72 Å². The van der Waals surface area contributed by atoms with Crippen LogP contribution in [-0.4, -0.2) is 34.5 Å². The molecule has 0 bridgehead atoms. The predicted molar refractivity (Wildman–Crippen MR) is 78.2 cm³/mol. The summed E-state index contributed by atoms with van der Waals surface area (Å²) < 4.78 is 27.7. The SMILES string of the molecule is CC(C(=O)O)S(=O)(=O)Nc1cc(Cl)ccc1-n1cccn1. The maximum atomic E-state index is 12.0. The van der Waals surface area contributed by atoms with E-state index in [1.807, 2.05) is 0 Å². The Morgan fingerprint density at radius 1 is 1.48 bits per heavy atom. The number of aromatic nitrogens is 2. The minimum atomic E-state index is -4.09. The van der Waals surface area contributed by atoms with Gasteiger partial charge in [0.2, 0.25) is 10.0 Å². The number of rotatable bonds is 5. The molecule has 1 aromatic carbocycles. The van der Waals surface area contributed by atoms with Gasteiger partial charge < -0.3 is 5.11 Å². The number of benzene rings is 1. The molecule has 1 unspecified atom stereocenters. The van der Waals surface area contributed by atoms with Crippen molar-refractivity contribution >= 4 is 33.3 Å². The highest BCUT2D eigenvalue weighted by Gasteiger charge is 2.28. The van der Waals surface area contributed by atoms with Crippen LogP contribution in [0.2, 0.25) is 5.02 Å². The number of anilines is 1. The molecule has 2 aromatic rings. The van der Waals surface area contributed by atoms with Crippen molar-refractivity contribution in [2.45, 2.75) is 12.2 Å². The Bertz CT molecular complexity index is 759. The fourth-order valence-corrected chi connectivity index (χ4v) is 2.66. The number of carboxylic acid groups (broad SMARTS) is 1. The second-order valence-corrected chi connectivity index (χ2v) is 6.68. The number of hydrogen-bond acceptors (Lipinski definition) is 4. The Balaban J connectivity index is 2.45. The lowest BCUT2D eigenvalue weighted by Crippen LogP contribution is -2.32. The van der Waals surface area contributed by atoms with Crippen LogP contribution in [0, 0.1) is 0 Å². The van der Waals surface area contributed by atoms with E-state index in [0.717, 1.165) is 6.92 Å². The smallest absolute Gasteiger partial charge is 0.323 e. The predicted octanol–water partition coefficient (Wildman–Crippen LogP) is 1.74. The third kappa shape index (κ3) is 3.34. The summed E-state index contributed by atoms with van der Waals surface area (Å²) in [4.78, 5) is 10.9. The summed E-state index contributed by atoms with van der Waals surface area (Å²) in [5.41, 5.74) is 0.588. The highest BCUT2D eigenvalue weighted by Crippen LogP contribution is 2.25. The average Bonchev–Trinajstić information content (AvgIpc) is 2.91. The van der Waals surface area contributed by atoms with E-state index in [9.17, 15) is 13.2 Å². The van der Waals surface area contributed by atoms with Gasteiger partial charge in [-0.05, 0) is 31.2 Å². The summed E-state index contributed by atoms with van der Waals surface area (Å²) in [6, 6.07) is 6.23. The summed E-state index contributed by atoms with van der Waals surface area (Å²) >= 11 is 5.87. The van der Waals surface area contributed by atoms with Gasteiger partial charge in [-0.1, -0.05) is 11.6 Å². The lowest BCUT2D eigenvalue weighted by molar-refractivity contribution is -0.136. The maximum absolute atomic E-state index is 12.0. The zero-order valence-corrected chi connectivity index (χ0v) is 12.5. The van der Waals surface area contributed by atoms with Crippen molar-refractivity contribution in [3.63, 3.8) is 0 Å². The largest absolute Gasteiger partial charge is 0.480 e. The van der Waals surface area contributed by atoms with E-state index in [4.69, 9.17) is 16.7 Å². The first-order valence-electron chi connectivity index (χ1n) is 5.85. The molecule has 0 radical (unpaired) electrons. The number of carboxylic acids is 1. The average molecular weight is 330 g/mol. The summed E-state index contributed by atoms with van der Waals surface area (Å²) in [5.74, 6) is -1.44. The third-order valence-corrected chi connectivity index (χ3v) is 4.65. The number of halogens is 1. The molecule has 7 nitrogen and oxygen atoms in total. The molecule has 0 saturated carbocycles. The molecule has 2 rings (SSSR count). The van der Waals surface area contributed by atoms with Crippen LogP contribution >= 0.6 is 11.6 Å². The third-order valence-electron chi connectivity index (χ3n) is 2.78. The van der Waals surface area contributed by atoms with Crippen LogP contribution in [0.3, 0.4) is 0 Å². The number of nitrogens with zero attached hydrogens (tertiary/aromatic N) is 2. The lowest BCUT2D eigenvalue weighted by atomic mass is 10.3. The molecule has 0 amide bonds. The zero-order chi connectivity index (χ0) is 15.6. The van der Waals surface area contributed by atoms with Crippen molar-refractivity contribution in [3.8, 4) is 5.69 Å². The zero-order valence-electron chi connectivity index (χ0n) is 10.9. The molecule has 0 aliphatic heterocycles. The topological polar surface area (TPSA) is 101 Å². The van der Waals surface area contributed by atoms with Crippen LogP contribution in [0.15, 0.2) is 36.7 Å². The molecule has 0 aliphatic carbocycles. The van der Waals surface area contributed by atoms with E-state index in [1.165, 1.54) is 16.9 Å². The van der Waals surface area contributed by atoms with E-state index in [-0.39, 0.29) is 5.69 Å². The minimum absolute atomic E-state index is 0.152. The second kappa shape index (κ2) is 5.74. The number of aliphatic carboxylic acids is 1. The van der Waals surface area contributed by atoms with Crippen LogP contribution in [0.25, 0.3) is 5.69 Å². The minimum Gasteiger partial charge on any atom is -0.480 e. The van der Waals surface area contributed by atoms with Crippen LogP contribution in [0.1, 0.15) is 6.92 Å². The van der Waals surface area contributed by atoms with E-state index in [0.29, 0.717) is 10.7 Å². The van der Waals surface area contributed by atoms with Crippen LogP contribution in [-0.2, 0) is 14.8 Å². The van der Waals surface area contributed by atoms with Gasteiger partial charge in [0.05, 0.1) is 11.4 Å². The first-order chi connectivity index (χ1) is 9.81. The normalized spacial score (nSPS) is 12.9. The molecular formula is C12H12ClN3O4S. The molecule has 1 aromatic heterocycles. The highest BCUT2D eigenvalue weighted by atomic mass is 35.5. The summed E-state index contributed by atoms with van der Waals surface area (Å²) in [6.45, 7) is 1.09. The monoisotopic (exact) mass is 329 g/mol. The Morgan fingerprint density at radius 2 is 2.19 bits per heavy atom. The summed E-state index contributed by atoms with van der Waals surface area (Å²) in [6.07, 6.45) is 3.16. The van der Waals surface area contributed by atoms with Gasteiger partial charge in [-0.15, -0.1) is 0 Å². The number of sulfonamides is 1. The standard InChI is InChI=1S/C12H12ClN3O4S/c1-8(12(17)18)21(19,20)15-10-7-9(13)3-4-11(10)16-6-2-5-14-16/h2-8,15H,1H3,(H,17,18). The first kappa shape index (κ1) is 15.3. The Kier molecular flexibility index (Phi) is 4.19. The van der Waals surface area contributed by atoms with E-state index >= 15 is 0 Å². The van der Waals surface area contributed by atoms with Crippen molar-refractivity contribution < 1.29 is 18.3 Å². The van der Waals surface area contributed by atoms with Gasteiger partial charge in [-0.3, -0.25) is 9.52 Å². The fourth-order valence-electron chi connectivity index (χ4n) is 1.58. The van der Waals surface area contributed by atoms with Gasteiger partial charge in [-0.2, -0.15) is 5.10 Å². The van der Waals surface area contributed by atoms with Crippen molar-refractivity contribution in [3.05, 3.63) is 41.7 Å². The van der Waals surface area contributed by atoms with Gasteiger partial charge in [-0.25, -0.2) is 13.1 Å². The Labute approximate surface area is 126 Å². The maximum Gasteiger partial charge on any atom is 0.323 e. The van der Waals surface area contributed by atoms with Gasteiger partial charge in [0.1, 0.15) is 0 Å². The lowest BCUT2D eigenvalue weighted by Gasteiger charge is -2.15. The Morgan fingerprint density at radius 3 is 2.76 bits per heavy atom. The molecule has 0 saturated heterocycles. The highest BCUT2D eigenvalue weighted by molar-refractivity contribution is 7.94. The molecule has 1 atom stereocenters. The summed E-state index contributed by atoms with van der Waals surface area (Å²) in [5, 5.41) is 11.6. The van der Waals surface area contributed by atoms with Crippen molar-refractivity contribution in [1.82, 2.24) is 9.78 Å². The van der Waals surface area contributed by atoms with Crippen molar-refractivity contribution in [2.75, 3.05) is 4.72 Å². The van der Waals surface area contributed by atoms with Crippen LogP contribution in [0.4, 0.5) is 5.69 Å². The quantitative estimate of drug-likeness (QED) is 0.870. The fraction of sp³-hybridized carbons (Fsp3) is 0.167. The second-order valence-electron chi connectivity index (χ2n) is 4.24. The first-order valence-corrected chi connectivity index (χ1v) is 7.77. The van der Waals surface area contributed by atoms with E-state index < -0.39 is 21.2 Å². The van der Waals surface area contributed by atoms with E-state index in [1.54, 1.807) is 24.4 Å². The summed E-state index contributed by atoms with van der Waals surface area (Å²) in [7, 11) is -4.09. The van der Waals surface area contributed by atoms with E-state index in [2.05, 4.69) is 9.82 Å². The van der Waals surface area contributed by atoms with Gasteiger partial charge in [0.25, 0.3) is 0 Å². The Hall–Kier alpha value is -2.06. The molecular weight excluding hydrogens is 318 g/mol. The number of carbonyl (C=O) groups is 1. The number of nitrogens with one attached hydrogen (secondary N) is 1. The van der Waals surface area contributed by atoms with Crippen molar-refractivity contribution in [2.24, 2.45) is 0 Å². The molecule has 1 heterocycles. The van der Waals surface area contributed by atoms with Crippen molar-refractivity contribution in [1.29, 1.82) is 0 Å². The molecule has 2 N–H and O–H groups in total. The molecule has 21 heavy (non-hydrogen) atoms. The van der Waals surface area contributed by atoms with Gasteiger partial charge in [0.15, 0.2) is 5.25 Å². The van der Waals surface area contributed by atoms with Gasteiger partial charge >= 0.3 is 5.97 Å². The molecule has 0 aliphatic rings. The molecule has 0 spiro atoms. The molecule has 112 valence electrons. The number of hydrogen-bond donors (Lipinski definition) is 2. The van der Waals surface area contributed by atoms with Gasteiger partial charge in [0, 0.05) is 17.4 Å². The van der Waals surface area contributed by atoms with Crippen LogP contribution in [0.5, 0.6) is 0 Å².